The van der Waals surface area contributed by atoms with E-state index in [0.717, 1.165) is 36.8 Å². The van der Waals surface area contributed by atoms with E-state index in [2.05, 4.69) is 37.6 Å². The Bertz CT molecular complexity index is 398. The highest BCUT2D eigenvalue weighted by atomic mass is 32.1. The Kier molecular flexibility index (Phi) is 5.75. The van der Waals surface area contributed by atoms with Crippen molar-refractivity contribution in [2.75, 3.05) is 13.1 Å². The van der Waals surface area contributed by atoms with Gasteiger partial charge in [0.2, 0.25) is 0 Å². The smallest absolute Gasteiger partial charge is 0.347 e. The molecule has 1 heterocycles. The zero-order chi connectivity index (χ0) is 13.7. The lowest BCUT2D eigenvalue weighted by Gasteiger charge is -2.15. The van der Waals surface area contributed by atoms with Crippen LogP contribution >= 0.6 is 11.3 Å². The second-order valence-corrected chi connectivity index (χ2v) is 5.83. The molecular formula is C13H22N2O2S. The molecule has 0 aliphatic heterocycles. The van der Waals surface area contributed by atoms with Crippen LogP contribution in [0, 0.1) is 5.92 Å². The summed E-state index contributed by atoms with van der Waals surface area (Å²) in [6.07, 6.45) is 0.733. The number of hydrogen-bond donors (Lipinski definition) is 1. The van der Waals surface area contributed by atoms with E-state index in [0.29, 0.717) is 10.8 Å². The van der Waals surface area contributed by atoms with Gasteiger partial charge in [-0.05, 0) is 25.4 Å². The summed E-state index contributed by atoms with van der Waals surface area (Å²) in [7, 11) is 0. The van der Waals surface area contributed by atoms with Gasteiger partial charge in [0.25, 0.3) is 0 Å². The number of nitrogens with zero attached hydrogens (tertiary/aromatic N) is 2. The quantitative estimate of drug-likeness (QED) is 0.827. The van der Waals surface area contributed by atoms with Crippen LogP contribution in [0.2, 0.25) is 0 Å². The molecule has 1 aromatic rings. The molecule has 0 unspecified atom stereocenters. The van der Waals surface area contributed by atoms with Crippen LogP contribution in [0.3, 0.4) is 0 Å². The minimum absolute atomic E-state index is 0.408. The highest BCUT2D eigenvalue weighted by Crippen LogP contribution is 2.22. The number of aromatic nitrogens is 1. The van der Waals surface area contributed by atoms with Crippen LogP contribution in [0.15, 0.2) is 0 Å². The average Bonchev–Trinajstić information content (AvgIpc) is 2.68. The molecule has 5 heteroatoms. The molecule has 0 radical (unpaired) electrons. The van der Waals surface area contributed by atoms with E-state index in [-0.39, 0.29) is 0 Å². The summed E-state index contributed by atoms with van der Waals surface area (Å²) in [6.45, 7) is 11.0. The SMILES string of the molecule is CCN(CC)Cc1nc(CC(C)C)c(C(=O)O)s1. The minimum Gasteiger partial charge on any atom is -0.477 e. The topological polar surface area (TPSA) is 53.4 Å². The molecule has 0 aliphatic rings. The van der Waals surface area contributed by atoms with Crippen LogP contribution in [0.1, 0.15) is 48.1 Å². The Morgan fingerprint density at radius 2 is 2.00 bits per heavy atom. The molecule has 0 spiro atoms. The summed E-state index contributed by atoms with van der Waals surface area (Å²) in [5.74, 6) is -0.430. The number of hydrogen-bond acceptors (Lipinski definition) is 4. The van der Waals surface area contributed by atoms with Crippen LogP contribution in [-0.2, 0) is 13.0 Å². The lowest BCUT2D eigenvalue weighted by atomic mass is 10.1. The highest BCUT2D eigenvalue weighted by Gasteiger charge is 2.18. The average molecular weight is 270 g/mol. The van der Waals surface area contributed by atoms with Crippen LogP contribution < -0.4 is 0 Å². The van der Waals surface area contributed by atoms with Gasteiger partial charge in [0.05, 0.1) is 12.2 Å². The molecule has 4 nitrogen and oxygen atoms in total. The predicted octanol–water partition coefficient (Wildman–Crippen LogP) is 2.88. The third-order valence-corrected chi connectivity index (χ3v) is 3.86. The molecule has 0 saturated carbocycles. The number of rotatable bonds is 7. The highest BCUT2D eigenvalue weighted by molar-refractivity contribution is 7.13. The third kappa shape index (κ3) is 4.07. The Morgan fingerprint density at radius 3 is 2.44 bits per heavy atom. The first-order valence-corrected chi connectivity index (χ1v) is 7.23. The van der Waals surface area contributed by atoms with E-state index in [4.69, 9.17) is 0 Å². The molecule has 1 N–H and O–H groups in total. The summed E-state index contributed by atoms with van der Waals surface area (Å²) >= 11 is 1.32. The van der Waals surface area contributed by atoms with Crippen LogP contribution in [-0.4, -0.2) is 34.0 Å². The number of thiazole rings is 1. The van der Waals surface area contributed by atoms with Gasteiger partial charge in [-0.15, -0.1) is 11.3 Å². The van der Waals surface area contributed by atoms with Gasteiger partial charge in [0.15, 0.2) is 0 Å². The number of carboxylic acids is 1. The summed E-state index contributed by atoms with van der Waals surface area (Å²) in [6, 6.07) is 0. The van der Waals surface area contributed by atoms with Crippen molar-refractivity contribution in [1.29, 1.82) is 0 Å². The van der Waals surface area contributed by atoms with Crippen LogP contribution in [0.5, 0.6) is 0 Å². The molecule has 0 aromatic carbocycles. The zero-order valence-electron chi connectivity index (χ0n) is 11.6. The van der Waals surface area contributed by atoms with Crippen molar-refractivity contribution >= 4 is 17.3 Å². The summed E-state index contributed by atoms with van der Waals surface area (Å²) in [4.78, 5) is 18.3. The van der Waals surface area contributed by atoms with Gasteiger partial charge in [-0.1, -0.05) is 27.7 Å². The lowest BCUT2D eigenvalue weighted by Crippen LogP contribution is -2.22. The molecular weight excluding hydrogens is 248 g/mol. The Labute approximate surface area is 113 Å². The monoisotopic (exact) mass is 270 g/mol. The first-order valence-electron chi connectivity index (χ1n) is 6.42. The molecule has 0 amide bonds. The van der Waals surface area contributed by atoms with E-state index >= 15 is 0 Å². The summed E-state index contributed by atoms with van der Waals surface area (Å²) < 4.78 is 0. The van der Waals surface area contributed by atoms with E-state index in [1.54, 1.807) is 0 Å². The zero-order valence-corrected chi connectivity index (χ0v) is 12.4. The first kappa shape index (κ1) is 15.1. The van der Waals surface area contributed by atoms with E-state index in [1.807, 2.05) is 0 Å². The molecule has 0 bridgehead atoms. The summed E-state index contributed by atoms with van der Waals surface area (Å²) in [5, 5.41) is 10.1. The van der Waals surface area contributed by atoms with Crippen molar-refractivity contribution in [3.63, 3.8) is 0 Å². The maximum atomic E-state index is 11.2. The van der Waals surface area contributed by atoms with Crippen molar-refractivity contribution in [1.82, 2.24) is 9.88 Å². The lowest BCUT2D eigenvalue weighted by molar-refractivity contribution is 0.0700. The fraction of sp³-hybridized carbons (Fsp3) is 0.692. The number of aromatic carboxylic acids is 1. The van der Waals surface area contributed by atoms with E-state index < -0.39 is 5.97 Å². The van der Waals surface area contributed by atoms with Gasteiger partial charge in [0.1, 0.15) is 9.88 Å². The van der Waals surface area contributed by atoms with E-state index in [1.165, 1.54) is 11.3 Å². The van der Waals surface area contributed by atoms with Gasteiger partial charge in [0, 0.05) is 0 Å². The Morgan fingerprint density at radius 1 is 1.39 bits per heavy atom. The van der Waals surface area contributed by atoms with Gasteiger partial charge < -0.3 is 5.11 Å². The van der Waals surface area contributed by atoms with Gasteiger partial charge in [-0.2, -0.15) is 0 Å². The van der Waals surface area contributed by atoms with E-state index in [9.17, 15) is 9.90 Å². The second kappa shape index (κ2) is 6.85. The predicted molar refractivity (Wildman–Crippen MR) is 74.2 cm³/mol. The molecule has 0 atom stereocenters. The molecule has 0 saturated heterocycles. The molecule has 102 valence electrons. The Balaban J connectivity index is 2.91. The number of carbonyl (C=O) groups is 1. The third-order valence-electron chi connectivity index (χ3n) is 2.79. The van der Waals surface area contributed by atoms with Gasteiger partial charge in [-0.3, -0.25) is 4.90 Å². The molecule has 0 aliphatic carbocycles. The van der Waals surface area contributed by atoms with Crippen molar-refractivity contribution in [2.45, 2.75) is 40.7 Å². The second-order valence-electron chi connectivity index (χ2n) is 4.75. The Hall–Kier alpha value is -0.940. The molecule has 1 rings (SSSR count). The normalized spacial score (nSPS) is 11.4. The number of carboxylic acid groups (broad SMARTS) is 1. The van der Waals surface area contributed by atoms with Crippen LogP contribution in [0.4, 0.5) is 0 Å². The maximum absolute atomic E-state index is 11.2. The van der Waals surface area contributed by atoms with Crippen molar-refractivity contribution in [3.8, 4) is 0 Å². The van der Waals surface area contributed by atoms with Gasteiger partial charge in [-0.25, -0.2) is 9.78 Å². The van der Waals surface area contributed by atoms with Crippen molar-refractivity contribution in [2.24, 2.45) is 5.92 Å². The van der Waals surface area contributed by atoms with Crippen LogP contribution in [0.25, 0.3) is 0 Å². The van der Waals surface area contributed by atoms with Crippen molar-refractivity contribution in [3.05, 3.63) is 15.6 Å². The minimum atomic E-state index is -0.853. The molecule has 1 aromatic heterocycles. The summed E-state index contributed by atoms with van der Waals surface area (Å²) in [5.41, 5.74) is 0.740. The molecule has 18 heavy (non-hydrogen) atoms. The molecule has 0 fully saturated rings. The van der Waals surface area contributed by atoms with Crippen molar-refractivity contribution < 1.29 is 9.90 Å². The fourth-order valence-electron chi connectivity index (χ4n) is 1.80. The largest absolute Gasteiger partial charge is 0.477 e. The fourth-order valence-corrected chi connectivity index (χ4v) is 2.77. The maximum Gasteiger partial charge on any atom is 0.347 e. The first-order chi connectivity index (χ1) is 8.47. The standard InChI is InChI=1S/C13H22N2O2S/c1-5-15(6-2)8-11-14-10(7-9(3)4)12(18-11)13(16)17/h9H,5-8H2,1-4H3,(H,16,17). The van der Waals surface area contributed by atoms with Gasteiger partial charge >= 0.3 is 5.97 Å².